The van der Waals surface area contributed by atoms with Gasteiger partial charge in [-0.05, 0) is 17.7 Å². The molecule has 1 aromatic rings. The molecule has 4 nitrogen and oxygen atoms in total. The molecule has 0 spiro atoms. The van der Waals surface area contributed by atoms with Crippen molar-refractivity contribution < 1.29 is 19.4 Å². The fraction of sp³-hybridized carbons (Fsp3) is 0.250. The highest BCUT2D eigenvalue weighted by atomic mass is 16.5. The molecule has 4 heteroatoms. The lowest BCUT2D eigenvalue weighted by Crippen LogP contribution is -2.02. The van der Waals surface area contributed by atoms with E-state index in [0.717, 1.165) is 5.56 Å². The van der Waals surface area contributed by atoms with E-state index >= 15 is 0 Å². The highest BCUT2D eigenvalue weighted by Crippen LogP contribution is 2.23. The van der Waals surface area contributed by atoms with Crippen LogP contribution in [0, 0.1) is 0 Å². The first-order chi connectivity index (χ1) is 7.56. The summed E-state index contributed by atoms with van der Waals surface area (Å²) < 4.78 is 10.2. The number of ether oxygens (including phenoxy) is 2. The maximum atomic E-state index is 10.7. The number of methoxy groups -OCH3 is 2. The number of benzene rings is 1. The molecule has 0 bridgehead atoms. The van der Waals surface area contributed by atoms with Gasteiger partial charge in [-0.3, -0.25) is 0 Å². The van der Waals surface area contributed by atoms with E-state index in [2.05, 4.69) is 6.58 Å². The zero-order valence-corrected chi connectivity index (χ0v) is 9.32. The monoisotopic (exact) mass is 222 g/mol. The molecule has 86 valence electrons. The first-order valence-electron chi connectivity index (χ1n) is 4.70. The molecular formula is C12H14O4. The average Bonchev–Trinajstić information content (AvgIpc) is 2.28. The van der Waals surface area contributed by atoms with Crippen LogP contribution in [-0.4, -0.2) is 25.3 Å². The van der Waals surface area contributed by atoms with Gasteiger partial charge in [-0.2, -0.15) is 0 Å². The minimum Gasteiger partial charge on any atom is -0.497 e. The second-order valence-corrected chi connectivity index (χ2v) is 3.31. The molecule has 1 aromatic carbocycles. The SMILES string of the molecule is C=C(Cc1cc(OC)cc(OC)c1)C(=O)O. The molecular weight excluding hydrogens is 208 g/mol. The van der Waals surface area contributed by atoms with Gasteiger partial charge in [-0.1, -0.05) is 6.58 Å². The van der Waals surface area contributed by atoms with Crippen molar-refractivity contribution in [3.63, 3.8) is 0 Å². The number of aliphatic carboxylic acids is 1. The van der Waals surface area contributed by atoms with Crippen molar-refractivity contribution >= 4 is 5.97 Å². The van der Waals surface area contributed by atoms with Crippen molar-refractivity contribution in [2.75, 3.05) is 14.2 Å². The predicted octanol–water partition coefficient (Wildman–Crippen LogP) is 1.89. The van der Waals surface area contributed by atoms with E-state index in [1.54, 1.807) is 32.4 Å². The minimum atomic E-state index is -0.998. The number of carboxylic acid groups (broad SMARTS) is 1. The molecule has 1 rings (SSSR count). The quantitative estimate of drug-likeness (QED) is 0.773. The highest BCUT2D eigenvalue weighted by molar-refractivity contribution is 5.86. The van der Waals surface area contributed by atoms with Gasteiger partial charge in [0.15, 0.2) is 0 Å². The van der Waals surface area contributed by atoms with Crippen molar-refractivity contribution in [1.82, 2.24) is 0 Å². The second-order valence-electron chi connectivity index (χ2n) is 3.31. The van der Waals surface area contributed by atoms with Crippen LogP contribution in [0.25, 0.3) is 0 Å². The molecule has 0 fully saturated rings. The Morgan fingerprint density at radius 3 is 2.12 bits per heavy atom. The lowest BCUT2D eigenvalue weighted by atomic mass is 10.1. The van der Waals surface area contributed by atoms with Crippen LogP contribution in [0.15, 0.2) is 30.4 Å². The third-order valence-corrected chi connectivity index (χ3v) is 2.13. The van der Waals surface area contributed by atoms with Gasteiger partial charge in [-0.15, -0.1) is 0 Å². The van der Waals surface area contributed by atoms with Crippen LogP contribution in [0.5, 0.6) is 11.5 Å². The fourth-order valence-corrected chi connectivity index (χ4v) is 1.29. The van der Waals surface area contributed by atoms with Crippen LogP contribution < -0.4 is 9.47 Å². The van der Waals surface area contributed by atoms with Crippen molar-refractivity contribution in [3.05, 3.63) is 35.9 Å². The minimum absolute atomic E-state index is 0.135. The highest BCUT2D eigenvalue weighted by Gasteiger charge is 2.07. The standard InChI is InChI=1S/C12H14O4/c1-8(12(13)14)4-9-5-10(15-2)7-11(6-9)16-3/h5-7H,1,4H2,2-3H3,(H,13,14). The average molecular weight is 222 g/mol. The zero-order valence-electron chi connectivity index (χ0n) is 9.32. The lowest BCUT2D eigenvalue weighted by molar-refractivity contribution is -0.132. The summed E-state index contributed by atoms with van der Waals surface area (Å²) in [5.74, 6) is 0.266. The van der Waals surface area contributed by atoms with Gasteiger partial charge >= 0.3 is 5.97 Å². The first-order valence-corrected chi connectivity index (χ1v) is 4.70. The van der Waals surface area contributed by atoms with Gasteiger partial charge in [0, 0.05) is 18.1 Å². The second kappa shape index (κ2) is 5.21. The predicted molar refractivity (Wildman–Crippen MR) is 60.0 cm³/mol. The molecule has 0 aromatic heterocycles. The summed E-state index contributed by atoms with van der Waals surface area (Å²) in [6, 6.07) is 5.25. The Morgan fingerprint density at radius 1 is 1.25 bits per heavy atom. The molecule has 0 radical (unpaired) electrons. The van der Waals surface area contributed by atoms with E-state index in [9.17, 15) is 4.79 Å². The molecule has 0 aliphatic heterocycles. The van der Waals surface area contributed by atoms with Crippen molar-refractivity contribution in [1.29, 1.82) is 0 Å². The number of rotatable bonds is 5. The molecule has 0 saturated carbocycles. The van der Waals surface area contributed by atoms with Gasteiger partial charge in [-0.25, -0.2) is 4.79 Å². The Kier molecular flexibility index (Phi) is 3.94. The fourth-order valence-electron chi connectivity index (χ4n) is 1.29. The van der Waals surface area contributed by atoms with Crippen LogP contribution >= 0.6 is 0 Å². The maximum absolute atomic E-state index is 10.7. The Morgan fingerprint density at radius 2 is 1.75 bits per heavy atom. The Hall–Kier alpha value is -1.97. The van der Waals surface area contributed by atoms with Gasteiger partial charge < -0.3 is 14.6 Å². The zero-order chi connectivity index (χ0) is 12.1. The first kappa shape index (κ1) is 12.1. The van der Waals surface area contributed by atoms with E-state index in [0.29, 0.717) is 11.5 Å². The molecule has 0 aliphatic carbocycles. The Balaban J connectivity index is 2.95. The molecule has 0 saturated heterocycles. The van der Waals surface area contributed by atoms with Crippen molar-refractivity contribution in [2.45, 2.75) is 6.42 Å². The van der Waals surface area contributed by atoms with E-state index in [1.165, 1.54) is 0 Å². The third-order valence-electron chi connectivity index (χ3n) is 2.13. The van der Waals surface area contributed by atoms with E-state index in [1.807, 2.05) is 0 Å². The number of carboxylic acids is 1. The van der Waals surface area contributed by atoms with E-state index in [-0.39, 0.29) is 12.0 Å². The van der Waals surface area contributed by atoms with Crippen LogP contribution in [0.4, 0.5) is 0 Å². The van der Waals surface area contributed by atoms with E-state index in [4.69, 9.17) is 14.6 Å². The third kappa shape index (κ3) is 3.02. The number of carbonyl (C=O) groups is 1. The van der Waals surface area contributed by atoms with Crippen LogP contribution in [0.3, 0.4) is 0 Å². The molecule has 0 atom stereocenters. The van der Waals surface area contributed by atoms with Gasteiger partial charge in [0.1, 0.15) is 11.5 Å². The van der Waals surface area contributed by atoms with Crippen molar-refractivity contribution in [2.24, 2.45) is 0 Å². The summed E-state index contributed by atoms with van der Waals surface area (Å²) in [4.78, 5) is 10.7. The molecule has 0 aliphatic rings. The molecule has 1 N–H and O–H groups in total. The molecule has 0 amide bonds. The van der Waals surface area contributed by atoms with Crippen molar-refractivity contribution in [3.8, 4) is 11.5 Å². The Labute approximate surface area is 94.1 Å². The summed E-state index contributed by atoms with van der Waals surface area (Å²) in [7, 11) is 3.09. The summed E-state index contributed by atoms with van der Waals surface area (Å²) in [6.45, 7) is 3.48. The van der Waals surface area contributed by atoms with E-state index < -0.39 is 5.97 Å². The summed E-state index contributed by atoms with van der Waals surface area (Å²) >= 11 is 0. The summed E-state index contributed by atoms with van der Waals surface area (Å²) in [5.41, 5.74) is 0.930. The Bertz CT molecular complexity index is 387. The van der Waals surface area contributed by atoms with Crippen LogP contribution in [0.2, 0.25) is 0 Å². The molecule has 16 heavy (non-hydrogen) atoms. The summed E-state index contributed by atoms with van der Waals surface area (Å²) in [5, 5.41) is 8.73. The molecule has 0 unspecified atom stereocenters. The lowest BCUT2D eigenvalue weighted by Gasteiger charge is -2.08. The molecule has 0 heterocycles. The number of hydrogen-bond donors (Lipinski definition) is 1. The van der Waals surface area contributed by atoms with Gasteiger partial charge in [0.05, 0.1) is 14.2 Å². The smallest absolute Gasteiger partial charge is 0.331 e. The number of hydrogen-bond acceptors (Lipinski definition) is 3. The largest absolute Gasteiger partial charge is 0.497 e. The van der Waals surface area contributed by atoms with Gasteiger partial charge in [0.25, 0.3) is 0 Å². The van der Waals surface area contributed by atoms with Gasteiger partial charge in [0.2, 0.25) is 0 Å². The maximum Gasteiger partial charge on any atom is 0.331 e. The normalized spacial score (nSPS) is 9.62. The topological polar surface area (TPSA) is 55.8 Å². The van der Waals surface area contributed by atoms with Crippen LogP contribution in [-0.2, 0) is 11.2 Å². The van der Waals surface area contributed by atoms with Crippen LogP contribution in [0.1, 0.15) is 5.56 Å². The summed E-state index contributed by atoms with van der Waals surface area (Å²) in [6.07, 6.45) is 0.267.